The lowest BCUT2D eigenvalue weighted by Crippen LogP contribution is -2.54. The molecule has 0 saturated carbocycles. The van der Waals surface area contributed by atoms with E-state index in [9.17, 15) is 36.3 Å². The highest BCUT2D eigenvalue weighted by atomic mass is 32.2. The van der Waals surface area contributed by atoms with E-state index in [0.717, 1.165) is 31.4 Å². The molecule has 0 aromatic heterocycles. The summed E-state index contributed by atoms with van der Waals surface area (Å²) < 4.78 is 67.0. The molecule has 13 heteroatoms. The van der Waals surface area contributed by atoms with Crippen molar-refractivity contribution >= 4 is 33.9 Å². The molecule has 2 aromatic rings. The van der Waals surface area contributed by atoms with Crippen molar-refractivity contribution in [3.63, 3.8) is 0 Å². The molecular formula is C27H33F3N4O5S. The molecule has 0 bridgehead atoms. The maximum Gasteiger partial charge on any atom is 0.416 e. The Bertz CT molecular complexity index is 1310. The summed E-state index contributed by atoms with van der Waals surface area (Å²) >= 11 is 0. The second-order valence-electron chi connectivity index (χ2n) is 9.53. The minimum absolute atomic E-state index is 0.0996. The van der Waals surface area contributed by atoms with Gasteiger partial charge in [-0.2, -0.15) is 13.2 Å². The number of hydrogen-bond donors (Lipinski definition) is 3. The molecule has 218 valence electrons. The fourth-order valence-corrected chi connectivity index (χ4v) is 5.95. The van der Waals surface area contributed by atoms with E-state index in [0.29, 0.717) is 46.3 Å². The molecule has 1 heterocycles. The van der Waals surface area contributed by atoms with Crippen LogP contribution in [0.5, 0.6) is 0 Å². The van der Waals surface area contributed by atoms with Gasteiger partial charge in [0.15, 0.2) is 0 Å². The van der Waals surface area contributed by atoms with Crippen LogP contribution in [0, 0.1) is 0 Å². The van der Waals surface area contributed by atoms with Gasteiger partial charge in [-0.05, 0) is 54.2 Å². The summed E-state index contributed by atoms with van der Waals surface area (Å²) in [7, 11) is -4.11. The maximum absolute atomic E-state index is 13.7. The van der Waals surface area contributed by atoms with E-state index in [1.807, 2.05) is 5.43 Å². The van der Waals surface area contributed by atoms with Crippen LogP contribution >= 0.6 is 0 Å². The van der Waals surface area contributed by atoms with Gasteiger partial charge in [0.05, 0.1) is 11.3 Å². The number of carboxylic acid groups (broad SMARTS) is 1. The maximum atomic E-state index is 13.7. The van der Waals surface area contributed by atoms with E-state index in [2.05, 4.69) is 10.3 Å². The first-order valence-electron chi connectivity index (χ1n) is 13.0. The number of anilines is 1. The molecule has 0 aliphatic carbocycles. The van der Waals surface area contributed by atoms with Gasteiger partial charge in [0, 0.05) is 25.1 Å². The van der Waals surface area contributed by atoms with Crippen molar-refractivity contribution in [3.8, 4) is 11.1 Å². The van der Waals surface area contributed by atoms with Crippen LogP contribution in [-0.2, 0) is 32.2 Å². The Morgan fingerprint density at radius 2 is 1.85 bits per heavy atom. The van der Waals surface area contributed by atoms with Gasteiger partial charge in [-0.25, -0.2) is 8.42 Å². The van der Waals surface area contributed by atoms with Crippen molar-refractivity contribution in [2.24, 2.45) is 4.99 Å². The summed E-state index contributed by atoms with van der Waals surface area (Å²) in [5, 5.41) is 12.8. The molecule has 0 unspecified atom stereocenters. The number of halogens is 3. The number of carboxylic acids is 1. The Labute approximate surface area is 231 Å². The third-order valence-electron chi connectivity index (χ3n) is 6.44. The highest BCUT2D eigenvalue weighted by Crippen LogP contribution is 2.35. The molecule has 0 fully saturated rings. The second-order valence-corrected chi connectivity index (χ2v) is 11.5. The summed E-state index contributed by atoms with van der Waals surface area (Å²) in [6.45, 7) is 2.39. The number of aliphatic carboxylic acids is 1. The van der Waals surface area contributed by atoms with Crippen LogP contribution in [0.25, 0.3) is 11.1 Å². The molecule has 3 N–H and O–H groups in total. The lowest BCUT2D eigenvalue weighted by atomic mass is 9.98. The Balaban J connectivity index is 1.89. The van der Waals surface area contributed by atoms with Crippen LogP contribution in [-0.4, -0.2) is 54.5 Å². The normalized spacial score (nSPS) is 15.2. The fraction of sp³-hybridized carbons (Fsp3) is 0.444. The van der Waals surface area contributed by atoms with Crippen molar-refractivity contribution in [3.05, 3.63) is 53.6 Å². The predicted molar refractivity (Wildman–Crippen MR) is 146 cm³/mol. The predicted octanol–water partition coefficient (Wildman–Crippen LogP) is 4.85. The Hall–Kier alpha value is -3.45. The quantitative estimate of drug-likeness (QED) is 0.243. The molecule has 0 spiro atoms. The van der Waals surface area contributed by atoms with Crippen molar-refractivity contribution in [2.75, 3.05) is 17.6 Å². The number of nitrogens with one attached hydrogen (secondary N) is 2. The molecule has 2 aromatic carbocycles. The zero-order chi connectivity index (χ0) is 29.3. The molecule has 3 rings (SSSR count). The average molecular weight is 583 g/mol. The summed E-state index contributed by atoms with van der Waals surface area (Å²) in [6.07, 6.45) is -0.446. The Morgan fingerprint density at radius 3 is 2.48 bits per heavy atom. The van der Waals surface area contributed by atoms with Crippen LogP contribution in [0.4, 0.5) is 18.9 Å². The van der Waals surface area contributed by atoms with E-state index in [-0.39, 0.29) is 30.7 Å². The van der Waals surface area contributed by atoms with Crippen molar-refractivity contribution < 1.29 is 36.3 Å². The number of amidine groups is 1. The van der Waals surface area contributed by atoms with Crippen LogP contribution in [0.1, 0.15) is 56.6 Å². The molecule has 0 radical (unpaired) electrons. The first kappa shape index (κ1) is 31.1. The van der Waals surface area contributed by atoms with Gasteiger partial charge in [0.1, 0.15) is 11.9 Å². The van der Waals surface area contributed by atoms with Crippen molar-refractivity contribution in [1.29, 1.82) is 0 Å². The average Bonchev–Trinajstić information content (AvgIpc) is 3.17. The lowest BCUT2D eigenvalue weighted by molar-refractivity contribution is -0.142. The van der Waals surface area contributed by atoms with Crippen LogP contribution in [0.15, 0.2) is 47.5 Å². The summed E-state index contributed by atoms with van der Waals surface area (Å²) in [6, 6.07) is 8.16. The molecule has 1 aliphatic heterocycles. The fourth-order valence-electron chi connectivity index (χ4n) is 4.34. The number of hydrogen-bond acceptors (Lipinski definition) is 6. The second kappa shape index (κ2) is 13.8. The number of nitrogens with zero attached hydrogens (tertiary/aromatic N) is 2. The third-order valence-corrected chi connectivity index (χ3v) is 8.21. The van der Waals surface area contributed by atoms with E-state index < -0.39 is 33.8 Å². The molecule has 1 amide bonds. The molecular weight excluding hydrogens is 549 g/mol. The number of aliphatic imine (C=N–C) groups is 1. The minimum Gasteiger partial charge on any atom is -0.480 e. The standard InChI is InChI=1S/C27H33F3N4O5S/c1-2-3-13-40(38,39)34(32-18-35)24(26(36)37)14-19-8-10-20(11-9-19)21-15-22(27(28,29)30)17-23(16-21)33-25-7-5-4-6-12-31-25/h8-11,15-18,24H,2-7,12-14H2,1H3,(H,31,33)(H,32,35)(H,36,37)/t24-/m0/s1. The number of sulfonamides is 1. The van der Waals surface area contributed by atoms with Gasteiger partial charge in [-0.1, -0.05) is 48.4 Å². The first-order valence-corrected chi connectivity index (χ1v) is 14.6. The monoisotopic (exact) mass is 582 g/mol. The number of carbonyl (C=O) groups is 2. The topological polar surface area (TPSA) is 128 Å². The van der Waals surface area contributed by atoms with E-state index in [1.165, 1.54) is 12.1 Å². The van der Waals surface area contributed by atoms with Gasteiger partial charge in [0.25, 0.3) is 0 Å². The van der Waals surface area contributed by atoms with Crippen LogP contribution in [0.2, 0.25) is 0 Å². The van der Waals surface area contributed by atoms with Gasteiger partial charge >= 0.3 is 12.1 Å². The number of amides is 1. The third kappa shape index (κ3) is 8.52. The van der Waals surface area contributed by atoms with Crippen molar-refractivity contribution in [2.45, 2.75) is 64.1 Å². The molecule has 1 atom stereocenters. The van der Waals surface area contributed by atoms with E-state index in [4.69, 9.17) is 0 Å². The van der Waals surface area contributed by atoms with Gasteiger partial charge in [0.2, 0.25) is 16.4 Å². The summed E-state index contributed by atoms with van der Waals surface area (Å²) in [5.41, 5.74) is 2.58. The number of benzene rings is 2. The molecule has 0 saturated heterocycles. The Morgan fingerprint density at radius 1 is 1.12 bits per heavy atom. The number of unbranched alkanes of at least 4 members (excludes halogenated alkanes) is 1. The summed E-state index contributed by atoms with van der Waals surface area (Å²) in [4.78, 5) is 27.5. The van der Waals surface area contributed by atoms with Gasteiger partial charge in [-0.15, -0.1) is 0 Å². The zero-order valence-corrected chi connectivity index (χ0v) is 22.9. The highest BCUT2D eigenvalue weighted by Gasteiger charge is 2.35. The van der Waals surface area contributed by atoms with Gasteiger partial charge in [-0.3, -0.25) is 20.0 Å². The SMILES string of the molecule is CCCCS(=O)(=O)N(NC=O)[C@@H](Cc1ccc(-c2cc(NC3=NCCCCC3)cc(C(F)(F)F)c2)cc1)C(=O)O. The largest absolute Gasteiger partial charge is 0.480 e. The lowest BCUT2D eigenvalue weighted by Gasteiger charge is -2.27. The first-order chi connectivity index (χ1) is 18.9. The van der Waals surface area contributed by atoms with E-state index in [1.54, 1.807) is 25.1 Å². The molecule has 1 aliphatic rings. The summed E-state index contributed by atoms with van der Waals surface area (Å²) in [5.74, 6) is -1.17. The molecule has 40 heavy (non-hydrogen) atoms. The zero-order valence-electron chi connectivity index (χ0n) is 22.1. The van der Waals surface area contributed by atoms with Gasteiger partial charge < -0.3 is 10.4 Å². The number of alkyl halides is 3. The highest BCUT2D eigenvalue weighted by molar-refractivity contribution is 7.89. The number of rotatable bonds is 12. The smallest absolute Gasteiger partial charge is 0.416 e. The minimum atomic E-state index is -4.58. The molecule has 9 nitrogen and oxygen atoms in total. The number of carbonyl (C=O) groups excluding carboxylic acids is 1. The van der Waals surface area contributed by atoms with Crippen molar-refractivity contribution in [1.82, 2.24) is 9.84 Å². The van der Waals surface area contributed by atoms with E-state index >= 15 is 0 Å². The van der Waals surface area contributed by atoms with Crippen LogP contribution in [0.3, 0.4) is 0 Å². The van der Waals surface area contributed by atoms with Crippen LogP contribution < -0.4 is 10.7 Å². The number of hydrazine groups is 1. The Kier molecular flexibility index (Phi) is 10.7.